The number of sulfonamides is 1. The third-order valence-corrected chi connectivity index (χ3v) is 6.87. The number of aryl methyl sites for hydroxylation is 1. The molecular formula is C14H26N2O2S3. The molecule has 0 aliphatic heterocycles. The lowest BCUT2D eigenvalue weighted by molar-refractivity contribution is 0.556. The first-order valence-electron chi connectivity index (χ1n) is 7.25. The lowest BCUT2D eigenvalue weighted by atomic mass is 10.3. The van der Waals surface area contributed by atoms with Gasteiger partial charge < -0.3 is 5.32 Å². The molecule has 0 spiro atoms. The van der Waals surface area contributed by atoms with Gasteiger partial charge in [0.05, 0.1) is 0 Å². The number of hydrogen-bond acceptors (Lipinski definition) is 5. The van der Waals surface area contributed by atoms with Crippen molar-refractivity contribution in [2.24, 2.45) is 0 Å². The minimum Gasteiger partial charge on any atom is -0.312 e. The highest BCUT2D eigenvalue weighted by molar-refractivity contribution is 7.98. The average molecular weight is 351 g/mol. The van der Waals surface area contributed by atoms with Crippen molar-refractivity contribution in [3.8, 4) is 0 Å². The molecule has 4 nitrogen and oxygen atoms in total. The monoisotopic (exact) mass is 350 g/mol. The van der Waals surface area contributed by atoms with Crippen LogP contribution < -0.4 is 10.0 Å². The molecule has 0 aliphatic carbocycles. The summed E-state index contributed by atoms with van der Waals surface area (Å²) in [6, 6.07) is -0.0132. The van der Waals surface area contributed by atoms with E-state index in [1.807, 2.05) is 25.5 Å². The van der Waals surface area contributed by atoms with Crippen LogP contribution in [0.25, 0.3) is 0 Å². The molecule has 0 saturated heterocycles. The molecule has 0 fully saturated rings. The van der Waals surface area contributed by atoms with Crippen molar-refractivity contribution in [2.75, 3.05) is 18.6 Å². The molecule has 0 saturated carbocycles. The zero-order valence-electron chi connectivity index (χ0n) is 13.2. The van der Waals surface area contributed by atoms with Crippen molar-refractivity contribution >= 4 is 33.1 Å². The Bertz CT molecular complexity index is 526. The molecule has 7 heteroatoms. The highest BCUT2D eigenvalue weighted by Gasteiger charge is 2.25. The summed E-state index contributed by atoms with van der Waals surface area (Å²) in [5, 5.41) is 5.21. The van der Waals surface area contributed by atoms with Crippen LogP contribution >= 0.6 is 23.1 Å². The standard InChI is InChI=1S/C14H26N2O2S3/c1-5-7-15-8-13-14(11(3)9-20-13)21(17,18)16-12(6-2)10-19-4/h9,12,15-16H,5-8,10H2,1-4H3. The van der Waals surface area contributed by atoms with Crippen molar-refractivity contribution in [2.45, 2.75) is 51.1 Å². The first kappa shape index (κ1) is 19.0. The van der Waals surface area contributed by atoms with Gasteiger partial charge in [0.1, 0.15) is 4.90 Å². The van der Waals surface area contributed by atoms with Gasteiger partial charge in [0.25, 0.3) is 0 Å². The van der Waals surface area contributed by atoms with E-state index in [1.54, 1.807) is 11.8 Å². The van der Waals surface area contributed by atoms with Crippen LogP contribution in [0.1, 0.15) is 37.1 Å². The van der Waals surface area contributed by atoms with Crippen molar-refractivity contribution in [1.82, 2.24) is 10.0 Å². The number of hydrogen-bond donors (Lipinski definition) is 2. The number of thioether (sulfide) groups is 1. The van der Waals surface area contributed by atoms with Gasteiger partial charge in [-0.1, -0.05) is 13.8 Å². The van der Waals surface area contributed by atoms with Crippen molar-refractivity contribution in [3.05, 3.63) is 15.8 Å². The third kappa shape index (κ3) is 5.56. The molecule has 122 valence electrons. The summed E-state index contributed by atoms with van der Waals surface area (Å²) in [6.45, 7) is 7.48. The molecule has 21 heavy (non-hydrogen) atoms. The fourth-order valence-corrected chi connectivity index (χ4v) is 5.99. The maximum atomic E-state index is 12.7. The van der Waals surface area contributed by atoms with Crippen molar-refractivity contribution in [1.29, 1.82) is 0 Å². The van der Waals surface area contributed by atoms with E-state index < -0.39 is 10.0 Å². The fraction of sp³-hybridized carbons (Fsp3) is 0.714. The van der Waals surface area contributed by atoms with E-state index >= 15 is 0 Å². The molecule has 1 heterocycles. The fourth-order valence-electron chi connectivity index (χ4n) is 2.06. The first-order chi connectivity index (χ1) is 9.96. The van der Waals surface area contributed by atoms with Gasteiger partial charge >= 0.3 is 0 Å². The number of rotatable bonds is 10. The van der Waals surface area contributed by atoms with Crippen LogP contribution in [0.3, 0.4) is 0 Å². The van der Waals surface area contributed by atoms with Gasteiger partial charge in [0.15, 0.2) is 0 Å². The van der Waals surface area contributed by atoms with Crippen LogP contribution in [0.5, 0.6) is 0 Å². The van der Waals surface area contributed by atoms with Gasteiger partial charge in [0.2, 0.25) is 10.0 Å². The van der Waals surface area contributed by atoms with Gasteiger partial charge in [-0.2, -0.15) is 11.8 Å². The van der Waals surface area contributed by atoms with E-state index in [2.05, 4.69) is 17.0 Å². The number of nitrogens with one attached hydrogen (secondary N) is 2. The van der Waals surface area contributed by atoms with Gasteiger partial charge in [-0.15, -0.1) is 11.3 Å². The Hall–Kier alpha value is -0.0800. The summed E-state index contributed by atoms with van der Waals surface area (Å²) in [4.78, 5) is 1.36. The molecule has 2 N–H and O–H groups in total. The van der Waals surface area contributed by atoms with Gasteiger partial charge in [-0.3, -0.25) is 0 Å². The second-order valence-electron chi connectivity index (χ2n) is 5.03. The Kier molecular flexibility index (Phi) is 8.26. The van der Waals surface area contributed by atoms with E-state index in [9.17, 15) is 8.42 Å². The summed E-state index contributed by atoms with van der Waals surface area (Å²) < 4.78 is 28.2. The Balaban J connectivity index is 2.93. The first-order valence-corrected chi connectivity index (χ1v) is 11.0. The highest BCUT2D eigenvalue weighted by Crippen LogP contribution is 2.27. The van der Waals surface area contributed by atoms with Crippen molar-refractivity contribution < 1.29 is 8.42 Å². The van der Waals surface area contributed by atoms with Crippen molar-refractivity contribution in [3.63, 3.8) is 0 Å². The maximum Gasteiger partial charge on any atom is 0.242 e. The van der Waals surface area contributed by atoms with Crippen LogP contribution in [0.4, 0.5) is 0 Å². The largest absolute Gasteiger partial charge is 0.312 e. The molecule has 0 aromatic carbocycles. The van der Waals surface area contributed by atoms with Crippen LogP contribution in [-0.2, 0) is 16.6 Å². The number of thiophene rings is 1. The molecule has 1 aromatic rings. The van der Waals surface area contributed by atoms with E-state index in [4.69, 9.17) is 0 Å². The zero-order chi connectivity index (χ0) is 15.9. The zero-order valence-corrected chi connectivity index (χ0v) is 15.7. The summed E-state index contributed by atoms with van der Waals surface area (Å²) >= 11 is 3.18. The second kappa shape index (κ2) is 9.15. The summed E-state index contributed by atoms with van der Waals surface area (Å²) in [7, 11) is -3.44. The molecule has 0 amide bonds. The summed E-state index contributed by atoms with van der Waals surface area (Å²) in [5.74, 6) is 0.794. The summed E-state index contributed by atoms with van der Waals surface area (Å²) in [5.41, 5.74) is 0.833. The van der Waals surface area contributed by atoms with E-state index in [-0.39, 0.29) is 6.04 Å². The van der Waals surface area contributed by atoms with Gasteiger partial charge in [-0.05, 0) is 43.5 Å². The van der Waals surface area contributed by atoms with Crippen LogP contribution in [0.2, 0.25) is 0 Å². The normalized spacial score (nSPS) is 13.5. The predicted molar refractivity (Wildman–Crippen MR) is 93.8 cm³/mol. The molecule has 0 aliphatic rings. The third-order valence-electron chi connectivity index (χ3n) is 3.15. The van der Waals surface area contributed by atoms with Gasteiger partial charge in [0, 0.05) is 23.2 Å². The van der Waals surface area contributed by atoms with Crippen LogP contribution in [0, 0.1) is 6.92 Å². The molecule has 0 bridgehead atoms. The Morgan fingerprint density at radius 3 is 2.67 bits per heavy atom. The Morgan fingerprint density at radius 2 is 2.10 bits per heavy atom. The molecule has 1 aromatic heterocycles. The predicted octanol–water partition coefficient (Wildman–Crippen LogP) is 2.98. The average Bonchev–Trinajstić information content (AvgIpc) is 2.80. The lowest BCUT2D eigenvalue weighted by Crippen LogP contribution is -2.36. The highest BCUT2D eigenvalue weighted by atomic mass is 32.2. The summed E-state index contributed by atoms with van der Waals surface area (Å²) in [6.07, 6.45) is 3.83. The molecule has 1 rings (SSSR count). The van der Waals surface area contributed by atoms with Crippen LogP contribution in [-0.4, -0.2) is 33.0 Å². The van der Waals surface area contributed by atoms with Crippen LogP contribution in [0.15, 0.2) is 10.3 Å². The van der Waals surface area contributed by atoms with E-state index in [1.165, 1.54) is 11.3 Å². The Morgan fingerprint density at radius 1 is 1.38 bits per heavy atom. The molecule has 1 atom stereocenters. The van der Waals surface area contributed by atoms with Gasteiger partial charge in [-0.25, -0.2) is 13.1 Å². The molecule has 0 radical (unpaired) electrons. The Labute approximate surface area is 137 Å². The minimum atomic E-state index is -3.44. The quantitative estimate of drug-likeness (QED) is 0.637. The maximum absolute atomic E-state index is 12.7. The topological polar surface area (TPSA) is 58.2 Å². The molecule has 1 unspecified atom stereocenters. The lowest BCUT2D eigenvalue weighted by Gasteiger charge is -2.17. The smallest absolute Gasteiger partial charge is 0.242 e. The SMILES string of the molecule is CCCNCc1scc(C)c1S(=O)(=O)NC(CC)CSC. The molecular weight excluding hydrogens is 324 g/mol. The second-order valence-corrected chi connectivity index (χ2v) is 8.56. The van der Waals surface area contributed by atoms with E-state index in [0.29, 0.717) is 11.4 Å². The van der Waals surface area contributed by atoms with E-state index in [0.717, 1.165) is 35.6 Å². The minimum absolute atomic E-state index is 0.0132.